The summed E-state index contributed by atoms with van der Waals surface area (Å²) < 4.78 is 5.43. The zero-order valence-corrected chi connectivity index (χ0v) is 23.4. The second-order valence-electron chi connectivity index (χ2n) is 10.6. The van der Waals surface area contributed by atoms with Crippen molar-refractivity contribution in [3.8, 4) is 0 Å². The zero-order chi connectivity index (χ0) is 27.7. The van der Waals surface area contributed by atoms with Crippen LogP contribution < -0.4 is 15.5 Å². The zero-order valence-electron chi connectivity index (χ0n) is 23.4. The van der Waals surface area contributed by atoms with Gasteiger partial charge in [0.25, 0.3) is 5.91 Å². The lowest BCUT2D eigenvalue weighted by Crippen LogP contribution is -2.38. The molecule has 210 valence electrons. The number of carbonyl (C=O) groups excluding carboxylic acids is 2. The van der Waals surface area contributed by atoms with Crippen LogP contribution in [-0.4, -0.2) is 62.7 Å². The SMILES string of the molecule is CCC(C(=O)Nc1ccc(N2CCc3ccccc3C2)c(C(=O)NCCCN2CCOCC2)c1)c1ccccc1. The number of nitrogens with zero attached hydrogens (tertiary/aromatic N) is 2. The molecule has 3 aromatic carbocycles. The summed E-state index contributed by atoms with van der Waals surface area (Å²) in [7, 11) is 0. The summed E-state index contributed by atoms with van der Waals surface area (Å²) in [5, 5.41) is 6.23. The average Bonchev–Trinajstić information content (AvgIpc) is 3.00. The average molecular weight is 541 g/mol. The number of nitrogens with one attached hydrogen (secondary N) is 2. The van der Waals surface area contributed by atoms with Crippen LogP contribution in [0.1, 0.15) is 52.7 Å². The van der Waals surface area contributed by atoms with E-state index in [2.05, 4.69) is 44.7 Å². The van der Waals surface area contributed by atoms with Gasteiger partial charge in [-0.25, -0.2) is 0 Å². The molecule has 1 unspecified atom stereocenters. The van der Waals surface area contributed by atoms with Gasteiger partial charge in [-0.05, 0) is 60.7 Å². The highest BCUT2D eigenvalue weighted by Gasteiger charge is 2.23. The normalized spacial score (nSPS) is 16.2. The van der Waals surface area contributed by atoms with E-state index in [-0.39, 0.29) is 17.7 Å². The number of benzene rings is 3. The Morgan fingerprint density at radius 2 is 1.68 bits per heavy atom. The minimum Gasteiger partial charge on any atom is -0.379 e. The maximum Gasteiger partial charge on any atom is 0.253 e. The second-order valence-corrected chi connectivity index (χ2v) is 10.6. The third-order valence-electron chi connectivity index (χ3n) is 7.95. The second kappa shape index (κ2) is 13.6. The molecule has 2 heterocycles. The number of anilines is 2. The van der Waals surface area contributed by atoms with Crippen molar-refractivity contribution in [2.24, 2.45) is 0 Å². The van der Waals surface area contributed by atoms with E-state index in [1.165, 1.54) is 11.1 Å². The molecule has 0 radical (unpaired) electrons. The maximum absolute atomic E-state index is 13.6. The molecule has 7 nitrogen and oxygen atoms in total. The van der Waals surface area contributed by atoms with E-state index in [1.807, 2.05) is 55.5 Å². The fourth-order valence-corrected chi connectivity index (χ4v) is 5.68. The highest BCUT2D eigenvalue weighted by molar-refractivity contribution is 6.03. The van der Waals surface area contributed by atoms with Crippen LogP contribution in [0.25, 0.3) is 0 Å². The molecule has 0 aromatic heterocycles. The Hall–Kier alpha value is -3.68. The van der Waals surface area contributed by atoms with Crippen LogP contribution in [0.5, 0.6) is 0 Å². The molecule has 0 aliphatic carbocycles. The smallest absolute Gasteiger partial charge is 0.253 e. The first kappa shape index (κ1) is 27.9. The predicted molar refractivity (Wildman–Crippen MR) is 160 cm³/mol. The molecule has 2 aliphatic heterocycles. The van der Waals surface area contributed by atoms with Crippen molar-refractivity contribution < 1.29 is 14.3 Å². The predicted octanol–water partition coefficient (Wildman–Crippen LogP) is 4.83. The van der Waals surface area contributed by atoms with Crippen LogP contribution in [0.15, 0.2) is 72.8 Å². The molecule has 3 aromatic rings. The molecule has 0 saturated carbocycles. The Balaban J connectivity index is 1.32. The van der Waals surface area contributed by atoms with Gasteiger partial charge < -0.3 is 20.3 Å². The molecule has 40 heavy (non-hydrogen) atoms. The molecule has 0 spiro atoms. The summed E-state index contributed by atoms with van der Waals surface area (Å²) in [6, 6.07) is 24.1. The Kier molecular flexibility index (Phi) is 9.47. The third kappa shape index (κ3) is 6.90. The Morgan fingerprint density at radius 1 is 0.925 bits per heavy atom. The number of morpholine rings is 1. The highest BCUT2D eigenvalue weighted by atomic mass is 16.5. The first-order valence-corrected chi connectivity index (χ1v) is 14.5. The van der Waals surface area contributed by atoms with E-state index >= 15 is 0 Å². The molecular formula is C33H40N4O3. The van der Waals surface area contributed by atoms with Crippen molar-refractivity contribution in [2.75, 3.05) is 56.2 Å². The topological polar surface area (TPSA) is 73.9 Å². The minimum absolute atomic E-state index is 0.0646. The Labute approximate surface area is 237 Å². The van der Waals surface area contributed by atoms with E-state index < -0.39 is 0 Å². The van der Waals surface area contributed by atoms with E-state index in [0.29, 0.717) is 24.2 Å². The molecule has 1 fully saturated rings. The largest absolute Gasteiger partial charge is 0.379 e. The van der Waals surface area contributed by atoms with E-state index in [1.54, 1.807) is 0 Å². The number of amides is 2. The number of ether oxygens (including phenoxy) is 1. The van der Waals surface area contributed by atoms with Gasteiger partial charge >= 0.3 is 0 Å². The van der Waals surface area contributed by atoms with Gasteiger partial charge in [-0.15, -0.1) is 0 Å². The lowest BCUT2D eigenvalue weighted by atomic mass is 9.95. The Morgan fingerprint density at radius 3 is 2.45 bits per heavy atom. The molecule has 2 amide bonds. The standard InChI is InChI=1S/C33H40N4O3/c1-2-29(26-10-4-3-5-11-26)33(39)35-28-13-14-31(37-18-15-25-9-6-7-12-27(25)24-37)30(23-28)32(38)34-16-8-17-36-19-21-40-22-20-36/h3-7,9-14,23,29H,2,8,15-22,24H2,1H3,(H,34,38)(H,35,39). The van der Waals surface area contributed by atoms with Crippen molar-refractivity contribution in [3.63, 3.8) is 0 Å². The number of carbonyl (C=O) groups is 2. The molecule has 7 heteroatoms. The van der Waals surface area contributed by atoms with E-state index in [0.717, 1.165) is 70.0 Å². The molecule has 2 aliphatic rings. The van der Waals surface area contributed by atoms with Crippen LogP contribution >= 0.6 is 0 Å². The van der Waals surface area contributed by atoms with Crippen LogP contribution in [0, 0.1) is 0 Å². The molecular weight excluding hydrogens is 500 g/mol. The number of hydrogen-bond acceptors (Lipinski definition) is 5. The first-order valence-electron chi connectivity index (χ1n) is 14.5. The van der Waals surface area contributed by atoms with Gasteiger partial charge in [-0.1, -0.05) is 61.5 Å². The number of hydrogen-bond donors (Lipinski definition) is 2. The fourth-order valence-electron chi connectivity index (χ4n) is 5.68. The monoisotopic (exact) mass is 540 g/mol. The van der Waals surface area contributed by atoms with Crippen LogP contribution in [0.3, 0.4) is 0 Å². The van der Waals surface area contributed by atoms with Crippen LogP contribution in [0.2, 0.25) is 0 Å². The van der Waals surface area contributed by atoms with Gasteiger partial charge in [0, 0.05) is 44.1 Å². The molecule has 5 rings (SSSR count). The van der Waals surface area contributed by atoms with Crippen LogP contribution in [-0.2, 0) is 22.5 Å². The number of fused-ring (bicyclic) bond motifs is 1. The quantitative estimate of drug-likeness (QED) is 0.360. The molecule has 1 saturated heterocycles. The molecule has 1 atom stereocenters. The van der Waals surface area contributed by atoms with Crippen molar-refractivity contribution in [1.82, 2.24) is 10.2 Å². The summed E-state index contributed by atoms with van der Waals surface area (Å²) in [5.74, 6) is -0.427. The highest BCUT2D eigenvalue weighted by Crippen LogP contribution is 2.30. The van der Waals surface area contributed by atoms with Crippen molar-refractivity contribution in [3.05, 3.63) is 95.1 Å². The summed E-state index contributed by atoms with van der Waals surface area (Å²) in [5.41, 5.74) is 5.77. The van der Waals surface area contributed by atoms with Gasteiger partial charge in [-0.2, -0.15) is 0 Å². The minimum atomic E-state index is -0.253. The van der Waals surface area contributed by atoms with E-state index in [9.17, 15) is 9.59 Å². The van der Waals surface area contributed by atoms with Crippen molar-refractivity contribution in [2.45, 2.75) is 38.6 Å². The van der Waals surface area contributed by atoms with Crippen molar-refractivity contribution >= 4 is 23.2 Å². The van der Waals surface area contributed by atoms with Gasteiger partial charge in [0.05, 0.1) is 24.7 Å². The summed E-state index contributed by atoms with van der Waals surface area (Å²) in [6.07, 6.45) is 2.51. The van der Waals surface area contributed by atoms with Gasteiger partial charge in [0.2, 0.25) is 5.91 Å². The third-order valence-corrected chi connectivity index (χ3v) is 7.95. The fraction of sp³-hybridized carbons (Fsp3) is 0.394. The lowest BCUT2D eigenvalue weighted by molar-refractivity contribution is -0.117. The van der Waals surface area contributed by atoms with Gasteiger partial charge in [0.15, 0.2) is 0 Å². The molecule has 2 N–H and O–H groups in total. The molecule has 0 bridgehead atoms. The number of rotatable bonds is 10. The van der Waals surface area contributed by atoms with Gasteiger partial charge in [0.1, 0.15) is 0 Å². The van der Waals surface area contributed by atoms with Crippen molar-refractivity contribution in [1.29, 1.82) is 0 Å². The first-order chi connectivity index (χ1) is 19.6. The van der Waals surface area contributed by atoms with Gasteiger partial charge in [-0.3, -0.25) is 14.5 Å². The summed E-state index contributed by atoms with van der Waals surface area (Å²) in [4.78, 5) is 31.5. The Bertz CT molecular complexity index is 1290. The maximum atomic E-state index is 13.6. The lowest BCUT2D eigenvalue weighted by Gasteiger charge is -2.32. The van der Waals surface area contributed by atoms with Crippen LogP contribution in [0.4, 0.5) is 11.4 Å². The summed E-state index contributed by atoms with van der Waals surface area (Å²) >= 11 is 0. The summed E-state index contributed by atoms with van der Waals surface area (Å²) in [6.45, 7) is 8.58. The van der Waals surface area contributed by atoms with E-state index in [4.69, 9.17) is 4.74 Å².